The monoisotopic (exact) mass is 382 g/mol. The minimum atomic E-state index is -3.74. The molecule has 0 fully saturated rings. The van der Waals surface area contributed by atoms with E-state index in [1.807, 2.05) is 0 Å². The van der Waals surface area contributed by atoms with Gasteiger partial charge in [0.05, 0.1) is 17.6 Å². The summed E-state index contributed by atoms with van der Waals surface area (Å²) in [5, 5.41) is 4.59. The molecule has 24 heavy (non-hydrogen) atoms. The fourth-order valence-electron chi connectivity index (χ4n) is 1.91. The topological polar surface area (TPSA) is 88.4 Å². The maximum atomic E-state index is 12.3. The van der Waals surface area contributed by atoms with Crippen LogP contribution in [0.4, 0.5) is 11.4 Å². The molecule has 0 bridgehead atoms. The molecule has 0 aliphatic carbocycles. The molecule has 6 nitrogen and oxygen atoms in total. The summed E-state index contributed by atoms with van der Waals surface area (Å²) in [5.41, 5.74) is 0.428. The Kier molecular flexibility index (Phi) is 4.61. The van der Waals surface area contributed by atoms with Crippen LogP contribution in [0.25, 0.3) is 0 Å². The standard InChI is InChI=1S/C15H11ClN2O4S2/c16-10-5-6-11(18-24(20,21)14-4-2-8-23-14)12(9-10)17-15(19)13-3-1-7-22-13/h1-9,18H,(H,17,19). The Balaban J connectivity index is 1.90. The number of hydrogen-bond donors (Lipinski definition) is 2. The average Bonchev–Trinajstić information content (AvgIpc) is 3.23. The van der Waals surface area contributed by atoms with Crippen LogP contribution in [0.2, 0.25) is 5.02 Å². The molecular formula is C15H11ClN2O4S2. The number of thiophene rings is 1. The number of benzene rings is 1. The van der Waals surface area contributed by atoms with Crippen molar-refractivity contribution >= 4 is 50.2 Å². The zero-order valence-electron chi connectivity index (χ0n) is 12.0. The first-order valence-electron chi connectivity index (χ1n) is 6.66. The molecule has 0 saturated heterocycles. The van der Waals surface area contributed by atoms with Crippen LogP contribution in [-0.2, 0) is 10.0 Å². The third-order valence-electron chi connectivity index (χ3n) is 2.98. The number of hydrogen-bond acceptors (Lipinski definition) is 5. The molecule has 9 heteroatoms. The van der Waals surface area contributed by atoms with Crippen molar-refractivity contribution in [2.24, 2.45) is 0 Å². The van der Waals surface area contributed by atoms with E-state index in [1.165, 1.54) is 36.6 Å². The van der Waals surface area contributed by atoms with Crippen molar-refractivity contribution in [3.05, 3.63) is 64.9 Å². The zero-order valence-corrected chi connectivity index (χ0v) is 14.4. The summed E-state index contributed by atoms with van der Waals surface area (Å²) in [6.45, 7) is 0. The van der Waals surface area contributed by atoms with Gasteiger partial charge in [0.1, 0.15) is 4.21 Å². The summed E-state index contributed by atoms with van der Waals surface area (Å²) in [7, 11) is -3.74. The van der Waals surface area contributed by atoms with Crippen molar-refractivity contribution in [2.75, 3.05) is 10.0 Å². The van der Waals surface area contributed by atoms with E-state index >= 15 is 0 Å². The van der Waals surface area contributed by atoms with E-state index in [1.54, 1.807) is 17.5 Å². The SMILES string of the molecule is O=C(Nc1cc(Cl)ccc1NS(=O)(=O)c1cccs1)c1ccco1. The lowest BCUT2D eigenvalue weighted by Crippen LogP contribution is -2.16. The Bertz CT molecular complexity index is 952. The number of amides is 1. The van der Waals surface area contributed by atoms with Crippen molar-refractivity contribution < 1.29 is 17.6 Å². The van der Waals surface area contributed by atoms with Gasteiger partial charge in [0.15, 0.2) is 5.76 Å². The Morgan fingerprint density at radius 2 is 1.96 bits per heavy atom. The number of rotatable bonds is 5. The van der Waals surface area contributed by atoms with E-state index in [4.69, 9.17) is 16.0 Å². The van der Waals surface area contributed by atoms with Crippen molar-refractivity contribution in [3.8, 4) is 0 Å². The molecule has 0 atom stereocenters. The van der Waals surface area contributed by atoms with Gasteiger partial charge in [0, 0.05) is 5.02 Å². The molecule has 1 amide bonds. The van der Waals surface area contributed by atoms with Gasteiger partial charge in [0.25, 0.3) is 15.9 Å². The number of sulfonamides is 1. The summed E-state index contributed by atoms with van der Waals surface area (Å²) in [5.74, 6) is -0.416. The molecule has 2 N–H and O–H groups in total. The quantitative estimate of drug-likeness (QED) is 0.696. The van der Waals surface area contributed by atoms with Gasteiger partial charge in [-0.2, -0.15) is 0 Å². The van der Waals surface area contributed by atoms with Gasteiger partial charge in [-0.05, 0) is 41.8 Å². The Labute approximate surface area is 147 Å². The first-order valence-corrected chi connectivity index (χ1v) is 9.40. The minimum absolute atomic E-state index is 0.0991. The Morgan fingerprint density at radius 1 is 1.12 bits per heavy atom. The van der Waals surface area contributed by atoms with Crippen LogP contribution < -0.4 is 10.0 Å². The van der Waals surface area contributed by atoms with E-state index in [-0.39, 0.29) is 21.3 Å². The van der Waals surface area contributed by atoms with Crippen molar-refractivity contribution in [1.29, 1.82) is 0 Å². The lowest BCUT2D eigenvalue weighted by atomic mass is 10.2. The van der Waals surface area contributed by atoms with Gasteiger partial charge >= 0.3 is 0 Å². The Morgan fingerprint density at radius 3 is 2.62 bits per heavy atom. The molecule has 1 aromatic carbocycles. The highest BCUT2D eigenvalue weighted by atomic mass is 35.5. The lowest BCUT2D eigenvalue weighted by molar-refractivity contribution is 0.0996. The Hall–Kier alpha value is -2.29. The molecule has 0 saturated carbocycles. The predicted molar refractivity (Wildman–Crippen MR) is 93.2 cm³/mol. The molecular weight excluding hydrogens is 372 g/mol. The molecule has 3 rings (SSSR count). The largest absolute Gasteiger partial charge is 0.459 e. The number of furan rings is 1. The van der Waals surface area contributed by atoms with Crippen molar-refractivity contribution in [2.45, 2.75) is 4.21 Å². The van der Waals surface area contributed by atoms with E-state index < -0.39 is 15.9 Å². The molecule has 2 aromatic heterocycles. The highest BCUT2D eigenvalue weighted by molar-refractivity contribution is 7.94. The summed E-state index contributed by atoms with van der Waals surface area (Å²) >= 11 is 7.04. The first kappa shape index (κ1) is 16.6. The highest BCUT2D eigenvalue weighted by Crippen LogP contribution is 2.29. The van der Waals surface area contributed by atoms with E-state index in [0.717, 1.165) is 11.3 Å². The van der Waals surface area contributed by atoms with Crippen LogP contribution >= 0.6 is 22.9 Å². The fourth-order valence-corrected chi connectivity index (χ4v) is 4.16. The lowest BCUT2D eigenvalue weighted by Gasteiger charge is -2.13. The smallest absolute Gasteiger partial charge is 0.291 e. The zero-order chi connectivity index (χ0) is 17.2. The van der Waals surface area contributed by atoms with Gasteiger partial charge in [0.2, 0.25) is 0 Å². The van der Waals surface area contributed by atoms with Gasteiger partial charge in [-0.3, -0.25) is 9.52 Å². The second-order valence-electron chi connectivity index (χ2n) is 4.66. The molecule has 0 unspecified atom stereocenters. The molecule has 124 valence electrons. The van der Waals surface area contributed by atoms with Gasteiger partial charge < -0.3 is 9.73 Å². The van der Waals surface area contributed by atoms with Crippen LogP contribution in [0.3, 0.4) is 0 Å². The maximum Gasteiger partial charge on any atom is 0.291 e. The van der Waals surface area contributed by atoms with Gasteiger partial charge in [-0.1, -0.05) is 17.7 Å². The maximum absolute atomic E-state index is 12.3. The van der Waals surface area contributed by atoms with Crippen molar-refractivity contribution in [3.63, 3.8) is 0 Å². The van der Waals surface area contributed by atoms with Crippen LogP contribution in [-0.4, -0.2) is 14.3 Å². The number of carbonyl (C=O) groups excluding carboxylic acids is 1. The van der Waals surface area contributed by atoms with Crippen LogP contribution in [0, 0.1) is 0 Å². The fraction of sp³-hybridized carbons (Fsp3) is 0. The van der Waals surface area contributed by atoms with Crippen LogP contribution in [0.5, 0.6) is 0 Å². The van der Waals surface area contributed by atoms with E-state index in [0.29, 0.717) is 5.02 Å². The highest BCUT2D eigenvalue weighted by Gasteiger charge is 2.19. The normalized spacial score (nSPS) is 11.2. The minimum Gasteiger partial charge on any atom is -0.459 e. The van der Waals surface area contributed by atoms with Crippen LogP contribution in [0.15, 0.2) is 62.7 Å². The van der Waals surface area contributed by atoms with Gasteiger partial charge in [-0.15, -0.1) is 11.3 Å². The number of halogens is 1. The van der Waals surface area contributed by atoms with Crippen LogP contribution in [0.1, 0.15) is 10.6 Å². The summed E-state index contributed by atoms with van der Waals surface area (Å²) < 4.78 is 32.3. The molecule has 3 aromatic rings. The van der Waals surface area contributed by atoms with Crippen molar-refractivity contribution in [1.82, 2.24) is 0 Å². The predicted octanol–water partition coefficient (Wildman–Crippen LogP) is 4.05. The molecule has 0 radical (unpaired) electrons. The first-order chi connectivity index (χ1) is 11.5. The number of carbonyl (C=O) groups is 1. The summed E-state index contributed by atoms with van der Waals surface area (Å²) in [6.07, 6.45) is 1.37. The molecule has 0 aliphatic heterocycles. The second kappa shape index (κ2) is 6.68. The molecule has 0 spiro atoms. The van der Waals surface area contributed by atoms with Gasteiger partial charge in [-0.25, -0.2) is 8.42 Å². The summed E-state index contributed by atoms with van der Waals surface area (Å²) in [6, 6.07) is 10.7. The second-order valence-corrected chi connectivity index (χ2v) is 7.95. The van der Waals surface area contributed by atoms with E-state index in [9.17, 15) is 13.2 Å². The average molecular weight is 383 g/mol. The van der Waals surface area contributed by atoms with E-state index in [2.05, 4.69) is 10.0 Å². The molecule has 0 aliphatic rings. The summed E-state index contributed by atoms with van der Waals surface area (Å²) in [4.78, 5) is 12.1. The number of anilines is 2. The third-order valence-corrected chi connectivity index (χ3v) is 5.98. The third kappa shape index (κ3) is 3.61. The molecule has 2 heterocycles. The number of nitrogens with one attached hydrogen (secondary N) is 2.